The van der Waals surface area contributed by atoms with E-state index in [0.29, 0.717) is 11.3 Å². The van der Waals surface area contributed by atoms with Gasteiger partial charge in [0.1, 0.15) is 0 Å². The van der Waals surface area contributed by atoms with Gasteiger partial charge in [0.15, 0.2) is 9.84 Å². The Morgan fingerprint density at radius 2 is 1.89 bits per heavy atom. The van der Waals surface area contributed by atoms with Gasteiger partial charge in [-0.2, -0.15) is 0 Å². The minimum atomic E-state index is -3.46. The number of hydrogen-bond donors (Lipinski definition) is 1. The van der Waals surface area contributed by atoms with Crippen molar-refractivity contribution >= 4 is 9.84 Å². The van der Waals surface area contributed by atoms with E-state index in [1.54, 1.807) is 6.07 Å². The zero-order valence-electron chi connectivity index (χ0n) is 12.0. The van der Waals surface area contributed by atoms with Crippen LogP contribution < -0.4 is 0 Å². The van der Waals surface area contributed by atoms with Gasteiger partial charge in [-0.1, -0.05) is 31.5 Å². The first-order chi connectivity index (χ1) is 8.66. The van der Waals surface area contributed by atoms with Crippen LogP contribution in [-0.2, 0) is 9.84 Å². The number of aryl methyl sites for hydroxylation is 2. The van der Waals surface area contributed by atoms with Gasteiger partial charge in [-0.15, -0.1) is 0 Å². The molecule has 4 heteroatoms. The average molecular weight is 282 g/mol. The third-order valence-electron chi connectivity index (χ3n) is 4.26. The predicted molar refractivity (Wildman–Crippen MR) is 75.9 cm³/mol. The van der Waals surface area contributed by atoms with Crippen molar-refractivity contribution in [1.29, 1.82) is 0 Å². The monoisotopic (exact) mass is 282 g/mol. The van der Waals surface area contributed by atoms with Gasteiger partial charge in [-0.05, 0) is 43.7 Å². The molecule has 1 aliphatic rings. The van der Waals surface area contributed by atoms with E-state index in [-0.39, 0.29) is 5.41 Å². The van der Waals surface area contributed by atoms with Crippen LogP contribution in [-0.4, -0.2) is 24.9 Å². The summed E-state index contributed by atoms with van der Waals surface area (Å²) in [6, 6.07) is 5.35. The first kappa shape index (κ1) is 14.5. The zero-order chi connectivity index (χ0) is 14.4. The van der Waals surface area contributed by atoms with Crippen molar-refractivity contribution in [3.8, 4) is 0 Å². The van der Waals surface area contributed by atoms with E-state index in [9.17, 15) is 13.5 Å². The van der Waals surface area contributed by atoms with Crippen LogP contribution in [0.15, 0.2) is 23.1 Å². The minimum Gasteiger partial charge on any atom is -0.391 e. The number of rotatable bonds is 2. The standard InChI is InChI=1S/C15H22O3S/c1-10-5-6-12(11(2)9-10)19(17,18)13-7-8-15(3,4)14(13)16/h5-6,9,13-14,16H,7-8H2,1-4H3. The van der Waals surface area contributed by atoms with Crippen molar-refractivity contribution < 1.29 is 13.5 Å². The Morgan fingerprint density at radius 1 is 1.26 bits per heavy atom. The summed E-state index contributed by atoms with van der Waals surface area (Å²) in [7, 11) is -3.46. The SMILES string of the molecule is Cc1ccc(S(=O)(=O)C2CCC(C)(C)C2O)c(C)c1. The zero-order valence-corrected chi connectivity index (χ0v) is 12.8. The molecule has 1 fully saturated rings. The van der Waals surface area contributed by atoms with Crippen LogP contribution in [0.1, 0.15) is 37.8 Å². The predicted octanol–water partition coefficient (Wildman–Crippen LogP) is 2.63. The Kier molecular flexibility index (Phi) is 3.52. The molecule has 0 bridgehead atoms. The molecule has 1 N–H and O–H groups in total. The van der Waals surface area contributed by atoms with Gasteiger partial charge >= 0.3 is 0 Å². The Labute approximate surface area is 115 Å². The van der Waals surface area contributed by atoms with Crippen LogP contribution in [0, 0.1) is 19.3 Å². The molecule has 1 aromatic rings. The number of benzene rings is 1. The summed E-state index contributed by atoms with van der Waals surface area (Å²) in [6.07, 6.45) is 0.477. The summed E-state index contributed by atoms with van der Waals surface area (Å²) < 4.78 is 25.4. The van der Waals surface area contributed by atoms with Gasteiger partial charge in [-0.25, -0.2) is 8.42 Å². The average Bonchev–Trinajstić information content (AvgIpc) is 2.53. The molecule has 1 aromatic carbocycles. The molecule has 0 heterocycles. The molecule has 106 valence electrons. The van der Waals surface area contributed by atoms with Gasteiger partial charge in [0.05, 0.1) is 16.2 Å². The lowest BCUT2D eigenvalue weighted by Gasteiger charge is -2.25. The Bertz CT molecular complexity index is 587. The fourth-order valence-corrected chi connectivity index (χ4v) is 5.16. The van der Waals surface area contributed by atoms with Gasteiger partial charge < -0.3 is 5.11 Å². The van der Waals surface area contributed by atoms with Crippen molar-refractivity contribution in [1.82, 2.24) is 0 Å². The van der Waals surface area contributed by atoms with E-state index in [4.69, 9.17) is 0 Å². The molecular weight excluding hydrogens is 260 g/mol. The van der Waals surface area contributed by atoms with E-state index < -0.39 is 21.2 Å². The summed E-state index contributed by atoms with van der Waals surface area (Å²) in [5.74, 6) is 0. The Balaban J connectivity index is 2.44. The molecule has 0 aliphatic heterocycles. The van der Waals surface area contributed by atoms with Gasteiger partial charge in [0.25, 0.3) is 0 Å². The smallest absolute Gasteiger partial charge is 0.184 e. The van der Waals surface area contributed by atoms with E-state index in [1.165, 1.54) is 0 Å². The lowest BCUT2D eigenvalue weighted by molar-refractivity contribution is 0.0816. The maximum Gasteiger partial charge on any atom is 0.184 e. The lowest BCUT2D eigenvalue weighted by atomic mass is 9.89. The second-order valence-electron chi connectivity index (χ2n) is 6.32. The summed E-state index contributed by atoms with van der Waals surface area (Å²) in [4.78, 5) is 0.361. The second kappa shape index (κ2) is 4.60. The van der Waals surface area contributed by atoms with E-state index in [2.05, 4.69) is 0 Å². The highest BCUT2D eigenvalue weighted by Gasteiger charge is 2.47. The van der Waals surface area contributed by atoms with Crippen LogP contribution in [0.2, 0.25) is 0 Å². The van der Waals surface area contributed by atoms with Crippen LogP contribution in [0.3, 0.4) is 0 Å². The lowest BCUT2D eigenvalue weighted by Crippen LogP contribution is -2.36. The van der Waals surface area contributed by atoms with E-state index in [1.807, 2.05) is 39.8 Å². The molecule has 0 amide bonds. The topological polar surface area (TPSA) is 54.4 Å². The summed E-state index contributed by atoms with van der Waals surface area (Å²) >= 11 is 0. The normalized spacial score (nSPS) is 26.6. The summed E-state index contributed by atoms with van der Waals surface area (Å²) in [5.41, 5.74) is 1.48. The van der Waals surface area contributed by atoms with Gasteiger partial charge in [0.2, 0.25) is 0 Å². The molecule has 0 aromatic heterocycles. The largest absolute Gasteiger partial charge is 0.391 e. The maximum absolute atomic E-state index is 12.7. The summed E-state index contributed by atoms with van der Waals surface area (Å²) in [6.45, 7) is 7.60. The molecule has 19 heavy (non-hydrogen) atoms. The fourth-order valence-electron chi connectivity index (χ4n) is 2.93. The highest BCUT2D eigenvalue weighted by molar-refractivity contribution is 7.92. The third-order valence-corrected chi connectivity index (χ3v) is 6.62. The molecular formula is C15H22O3S. The minimum absolute atomic E-state index is 0.323. The van der Waals surface area contributed by atoms with Crippen molar-refractivity contribution in [2.75, 3.05) is 0 Å². The molecule has 2 rings (SSSR count). The first-order valence-electron chi connectivity index (χ1n) is 6.65. The molecule has 0 radical (unpaired) electrons. The van der Waals surface area contributed by atoms with Crippen LogP contribution >= 0.6 is 0 Å². The highest BCUT2D eigenvalue weighted by Crippen LogP contribution is 2.42. The van der Waals surface area contributed by atoms with Crippen molar-refractivity contribution in [3.63, 3.8) is 0 Å². The van der Waals surface area contributed by atoms with Crippen LogP contribution in [0.25, 0.3) is 0 Å². The number of aliphatic hydroxyl groups excluding tert-OH is 1. The van der Waals surface area contributed by atoms with Gasteiger partial charge in [0, 0.05) is 0 Å². The van der Waals surface area contributed by atoms with Crippen molar-refractivity contribution in [2.24, 2.45) is 5.41 Å². The van der Waals surface area contributed by atoms with Crippen molar-refractivity contribution in [3.05, 3.63) is 29.3 Å². The molecule has 1 aliphatic carbocycles. The molecule has 3 nitrogen and oxygen atoms in total. The van der Waals surface area contributed by atoms with Crippen molar-refractivity contribution in [2.45, 2.75) is 56.8 Å². The Morgan fingerprint density at radius 3 is 2.37 bits per heavy atom. The van der Waals surface area contributed by atoms with E-state index >= 15 is 0 Å². The first-order valence-corrected chi connectivity index (χ1v) is 8.20. The third kappa shape index (κ3) is 2.43. The Hall–Kier alpha value is -0.870. The number of sulfone groups is 1. The molecule has 0 saturated heterocycles. The highest BCUT2D eigenvalue weighted by atomic mass is 32.2. The van der Waals surface area contributed by atoms with Crippen LogP contribution in [0.5, 0.6) is 0 Å². The molecule has 2 unspecified atom stereocenters. The number of hydrogen-bond acceptors (Lipinski definition) is 3. The summed E-state index contributed by atoms with van der Waals surface area (Å²) in [5, 5.41) is 9.60. The molecule has 0 spiro atoms. The van der Waals surface area contributed by atoms with E-state index in [0.717, 1.165) is 17.5 Å². The fraction of sp³-hybridized carbons (Fsp3) is 0.600. The molecule has 2 atom stereocenters. The van der Waals surface area contributed by atoms with Crippen LogP contribution in [0.4, 0.5) is 0 Å². The maximum atomic E-state index is 12.7. The quantitative estimate of drug-likeness (QED) is 0.907. The second-order valence-corrected chi connectivity index (χ2v) is 8.46. The van der Waals surface area contributed by atoms with Gasteiger partial charge in [-0.3, -0.25) is 0 Å². The molecule has 1 saturated carbocycles. The number of aliphatic hydroxyl groups is 1.